The van der Waals surface area contributed by atoms with Gasteiger partial charge < -0.3 is 10.1 Å². The Morgan fingerprint density at radius 3 is 2.67 bits per heavy atom. The third kappa shape index (κ3) is 4.05. The standard InChI is InChI=1S/C13H13BrClFN4O3S/c1-20(24(3,21)22)10-5-11(23-2)8(16)4-9(10)18-12-7(14)6-17-13(15)19-12/h4-6H,1-3H3,(H,17,18,19). The maximum absolute atomic E-state index is 14.1. The van der Waals surface area contributed by atoms with Gasteiger partial charge in [0.25, 0.3) is 0 Å². The number of rotatable bonds is 5. The van der Waals surface area contributed by atoms with E-state index in [1.54, 1.807) is 0 Å². The Bertz CT molecular complexity index is 882. The van der Waals surface area contributed by atoms with E-state index >= 15 is 0 Å². The smallest absolute Gasteiger partial charge is 0.232 e. The van der Waals surface area contributed by atoms with Crippen molar-refractivity contribution < 1.29 is 17.5 Å². The first-order valence-corrected chi connectivity index (χ1v) is 9.42. The Morgan fingerprint density at radius 2 is 2.08 bits per heavy atom. The minimum atomic E-state index is -3.58. The molecule has 0 fully saturated rings. The molecule has 0 spiro atoms. The molecule has 0 amide bonds. The summed E-state index contributed by atoms with van der Waals surface area (Å²) in [5, 5.41) is 2.82. The van der Waals surface area contributed by atoms with Crippen molar-refractivity contribution in [2.75, 3.05) is 30.0 Å². The van der Waals surface area contributed by atoms with E-state index in [1.807, 2.05) is 0 Å². The molecule has 0 aliphatic heterocycles. The normalized spacial score (nSPS) is 11.2. The number of anilines is 3. The zero-order valence-electron chi connectivity index (χ0n) is 12.8. The SMILES string of the molecule is COc1cc(N(C)S(C)(=O)=O)c(Nc2nc(Cl)ncc2Br)cc1F. The summed E-state index contributed by atoms with van der Waals surface area (Å²) in [4.78, 5) is 7.77. The van der Waals surface area contributed by atoms with Crippen LogP contribution in [0.3, 0.4) is 0 Å². The summed E-state index contributed by atoms with van der Waals surface area (Å²) in [5.74, 6) is -0.504. The van der Waals surface area contributed by atoms with Crippen LogP contribution in [0, 0.1) is 5.82 Å². The van der Waals surface area contributed by atoms with Crippen molar-refractivity contribution in [2.45, 2.75) is 0 Å². The third-order valence-corrected chi connectivity index (χ3v) is 5.03. The summed E-state index contributed by atoms with van der Waals surface area (Å²) in [6, 6.07) is 2.38. The van der Waals surface area contributed by atoms with Crippen molar-refractivity contribution in [3.63, 3.8) is 0 Å². The summed E-state index contributed by atoms with van der Waals surface area (Å²) in [6.07, 6.45) is 2.45. The first-order chi connectivity index (χ1) is 11.1. The Labute approximate surface area is 152 Å². The first kappa shape index (κ1) is 18.7. The lowest BCUT2D eigenvalue weighted by molar-refractivity contribution is 0.387. The Hall–Kier alpha value is -1.65. The molecule has 11 heteroatoms. The van der Waals surface area contributed by atoms with Crippen molar-refractivity contribution in [2.24, 2.45) is 0 Å². The van der Waals surface area contributed by atoms with Crippen LogP contribution in [0.4, 0.5) is 21.6 Å². The highest BCUT2D eigenvalue weighted by Crippen LogP contribution is 2.36. The van der Waals surface area contributed by atoms with Gasteiger partial charge in [-0.1, -0.05) is 0 Å². The molecule has 0 saturated heterocycles. The molecule has 0 aliphatic rings. The second-order valence-corrected chi connectivity index (χ2v) is 7.90. The molecule has 1 N–H and O–H groups in total. The summed E-state index contributed by atoms with van der Waals surface area (Å²) in [6.45, 7) is 0. The largest absolute Gasteiger partial charge is 0.494 e. The van der Waals surface area contributed by atoms with Crippen LogP contribution in [-0.4, -0.2) is 38.8 Å². The van der Waals surface area contributed by atoms with Crippen LogP contribution < -0.4 is 14.4 Å². The van der Waals surface area contributed by atoms with Gasteiger partial charge >= 0.3 is 0 Å². The monoisotopic (exact) mass is 438 g/mol. The van der Waals surface area contributed by atoms with Crippen LogP contribution in [0.2, 0.25) is 5.28 Å². The van der Waals surface area contributed by atoms with Gasteiger partial charge in [-0.3, -0.25) is 4.31 Å². The average Bonchev–Trinajstić information content (AvgIpc) is 2.49. The Kier molecular flexibility index (Phi) is 5.51. The van der Waals surface area contributed by atoms with Gasteiger partial charge in [0.15, 0.2) is 11.6 Å². The van der Waals surface area contributed by atoms with Gasteiger partial charge in [-0.15, -0.1) is 0 Å². The topological polar surface area (TPSA) is 84.4 Å². The van der Waals surface area contributed by atoms with Gasteiger partial charge in [0.05, 0.1) is 29.2 Å². The van der Waals surface area contributed by atoms with Crippen LogP contribution in [-0.2, 0) is 10.0 Å². The summed E-state index contributed by atoms with van der Waals surface area (Å²) in [7, 11) is -0.951. The highest BCUT2D eigenvalue weighted by Gasteiger charge is 2.20. The molecule has 0 radical (unpaired) electrons. The van der Waals surface area contributed by atoms with Gasteiger partial charge in [0, 0.05) is 25.4 Å². The molecular weight excluding hydrogens is 427 g/mol. The van der Waals surface area contributed by atoms with E-state index in [1.165, 1.54) is 26.4 Å². The fraction of sp³-hybridized carbons (Fsp3) is 0.231. The lowest BCUT2D eigenvalue weighted by Gasteiger charge is -2.22. The number of sulfonamides is 1. The molecule has 0 aliphatic carbocycles. The second-order valence-electron chi connectivity index (χ2n) is 4.69. The molecule has 130 valence electrons. The molecule has 0 bridgehead atoms. The van der Waals surface area contributed by atoms with Crippen LogP contribution in [0.25, 0.3) is 0 Å². The molecule has 1 aromatic carbocycles. The molecule has 0 unspecified atom stereocenters. The Balaban J connectivity index is 2.59. The number of hydrogen-bond acceptors (Lipinski definition) is 6. The highest BCUT2D eigenvalue weighted by molar-refractivity contribution is 9.10. The maximum atomic E-state index is 14.1. The van der Waals surface area contributed by atoms with E-state index in [0.717, 1.165) is 16.6 Å². The molecule has 2 rings (SSSR count). The lowest BCUT2D eigenvalue weighted by Crippen LogP contribution is -2.25. The number of ether oxygens (including phenoxy) is 1. The van der Waals surface area contributed by atoms with E-state index in [2.05, 4.69) is 31.2 Å². The van der Waals surface area contributed by atoms with Gasteiger partial charge in [-0.2, -0.15) is 4.98 Å². The number of nitrogens with one attached hydrogen (secondary N) is 1. The number of aromatic nitrogens is 2. The second kappa shape index (κ2) is 7.08. The number of methoxy groups -OCH3 is 1. The van der Waals surface area contributed by atoms with Crippen molar-refractivity contribution in [1.29, 1.82) is 0 Å². The maximum Gasteiger partial charge on any atom is 0.232 e. The van der Waals surface area contributed by atoms with Gasteiger partial charge in [0.1, 0.15) is 5.82 Å². The number of nitrogens with zero attached hydrogens (tertiary/aromatic N) is 3. The minimum absolute atomic E-state index is 0.0206. The van der Waals surface area contributed by atoms with Gasteiger partial charge in [-0.05, 0) is 27.5 Å². The van der Waals surface area contributed by atoms with E-state index in [9.17, 15) is 12.8 Å². The van der Waals surface area contributed by atoms with Crippen LogP contribution >= 0.6 is 27.5 Å². The summed E-state index contributed by atoms with van der Waals surface area (Å²) >= 11 is 8.99. The number of benzene rings is 1. The predicted molar refractivity (Wildman–Crippen MR) is 94.2 cm³/mol. The first-order valence-electron chi connectivity index (χ1n) is 6.40. The molecule has 1 aromatic heterocycles. The Morgan fingerprint density at radius 1 is 1.42 bits per heavy atom. The summed E-state index contributed by atoms with van der Waals surface area (Å²) in [5.41, 5.74) is 0.342. The fourth-order valence-corrected chi connectivity index (χ4v) is 2.73. The quantitative estimate of drug-likeness (QED) is 0.720. The van der Waals surface area contributed by atoms with Crippen molar-refractivity contribution in [3.8, 4) is 5.75 Å². The lowest BCUT2D eigenvalue weighted by atomic mass is 10.2. The van der Waals surface area contributed by atoms with Crippen LogP contribution in [0.5, 0.6) is 5.75 Å². The molecular formula is C13H13BrClFN4O3S. The van der Waals surface area contributed by atoms with E-state index in [-0.39, 0.29) is 28.2 Å². The number of hydrogen-bond donors (Lipinski definition) is 1. The van der Waals surface area contributed by atoms with E-state index in [4.69, 9.17) is 16.3 Å². The van der Waals surface area contributed by atoms with E-state index < -0.39 is 15.8 Å². The number of halogens is 3. The van der Waals surface area contributed by atoms with Crippen LogP contribution in [0.1, 0.15) is 0 Å². The molecule has 0 saturated carbocycles. The zero-order valence-corrected chi connectivity index (χ0v) is 16.0. The third-order valence-electron chi connectivity index (χ3n) is 3.07. The fourth-order valence-electron chi connectivity index (χ4n) is 1.80. The van der Waals surface area contributed by atoms with Crippen molar-refractivity contribution in [1.82, 2.24) is 9.97 Å². The zero-order chi connectivity index (χ0) is 18.1. The predicted octanol–water partition coefficient (Wildman–Crippen LogP) is 3.18. The van der Waals surface area contributed by atoms with Gasteiger partial charge in [-0.25, -0.2) is 17.8 Å². The molecule has 1 heterocycles. The molecule has 7 nitrogen and oxygen atoms in total. The minimum Gasteiger partial charge on any atom is -0.494 e. The van der Waals surface area contributed by atoms with Crippen molar-refractivity contribution >= 4 is 54.7 Å². The highest BCUT2D eigenvalue weighted by atomic mass is 79.9. The molecule has 0 atom stereocenters. The molecule has 24 heavy (non-hydrogen) atoms. The average molecular weight is 440 g/mol. The summed E-state index contributed by atoms with van der Waals surface area (Å²) < 4.78 is 44.1. The van der Waals surface area contributed by atoms with Crippen LogP contribution in [0.15, 0.2) is 22.8 Å². The van der Waals surface area contributed by atoms with E-state index in [0.29, 0.717) is 4.47 Å². The van der Waals surface area contributed by atoms with Gasteiger partial charge in [0.2, 0.25) is 15.3 Å². The van der Waals surface area contributed by atoms with Crippen molar-refractivity contribution in [3.05, 3.63) is 33.9 Å². The molecule has 2 aromatic rings.